The first-order chi connectivity index (χ1) is 7.79. The van der Waals surface area contributed by atoms with Crippen molar-refractivity contribution in [1.29, 1.82) is 0 Å². The average molecular weight is 233 g/mol. The molecule has 82 valence electrons. The Morgan fingerprint density at radius 2 is 2.06 bits per heavy atom. The van der Waals surface area contributed by atoms with Crippen LogP contribution >= 0.6 is 11.3 Å². The van der Waals surface area contributed by atoms with Crippen LogP contribution in [0.1, 0.15) is 0 Å². The lowest BCUT2D eigenvalue weighted by Gasteiger charge is -1.98. The molecule has 16 heavy (non-hydrogen) atoms. The van der Waals surface area contributed by atoms with Crippen molar-refractivity contribution in [1.82, 2.24) is 10.3 Å². The van der Waals surface area contributed by atoms with E-state index in [1.165, 1.54) is 11.3 Å². The maximum Gasteiger partial charge on any atom is 0.320 e. The summed E-state index contributed by atoms with van der Waals surface area (Å²) in [6.07, 6.45) is 0. The van der Waals surface area contributed by atoms with Crippen molar-refractivity contribution in [3.63, 3.8) is 0 Å². The first-order valence-corrected chi connectivity index (χ1v) is 5.67. The number of carbonyl (C=O) groups excluding carboxylic acids is 1. The SMILES string of the molecule is CNC(=O)Nc1nc(-c2ccccc2)cs1. The molecule has 0 atom stereocenters. The van der Waals surface area contributed by atoms with Gasteiger partial charge in [-0.2, -0.15) is 0 Å². The topological polar surface area (TPSA) is 54.0 Å². The largest absolute Gasteiger partial charge is 0.341 e. The van der Waals surface area contributed by atoms with Crippen LogP contribution < -0.4 is 10.6 Å². The summed E-state index contributed by atoms with van der Waals surface area (Å²) in [5.41, 5.74) is 1.92. The van der Waals surface area contributed by atoms with E-state index < -0.39 is 0 Å². The van der Waals surface area contributed by atoms with Crippen molar-refractivity contribution in [2.75, 3.05) is 12.4 Å². The number of rotatable bonds is 2. The van der Waals surface area contributed by atoms with Gasteiger partial charge in [0.15, 0.2) is 5.13 Å². The van der Waals surface area contributed by atoms with Crippen LogP contribution in [0.25, 0.3) is 11.3 Å². The van der Waals surface area contributed by atoms with Crippen LogP contribution in [0.15, 0.2) is 35.7 Å². The monoisotopic (exact) mass is 233 g/mol. The highest BCUT2D eigenvalue weighted by Gasteiger charge is 2.05. The second-order valence-electron chi connectivity index (χ2n) is 3.11. The Kier molecular flexibility index (Phi) is 3.16. The van der Waals surface area contributed by atoms with Gasteiger partial charge < -0.3 is 5.32 Å². The third-order valence-corrected chi connectivity index (χ3v) is 2.78. The number of thiazole rings is 1. The van der Waals surface area contributed by atoms with E-state index in [1.54, 1.807) is 7.05 Å². The van der Waals surface area contributed by atoms with E-state index in [9.17, 15) is 4.79 Å². The molecule has 0 aliphatic heterocycles. The second-order valence-corrected chi connectivity index (χ2v) is 3.97. The zero-order valence-electron chi connectivity index (χ0n) is 8.73. The van der Waals surface area contributed by atoms with E-state index >= 15 is 0 Å². The number of urea groups is 1. The molecule has 0 fully saturated rings. The number of benzene rings is 1. The summed E-state index contributed by atoms with van der Waals surface area (Å²) in [6.45, 7) is 0. The van der Waals surface area contributed by atoms with E-state index in [0.717, 1.165) is 11.3 Å². The molecular weight excluding hydrogens is 222 g/mol. The van der Waals surface area contributed by atoms with Crippen LogP contribution in [0, 0.1) is 0 Å². The third kappa shape index (κ3) is 2.38. The Hall–Kier alpha value is -1.88. The summed E-state index contributed by atoms with van der Waals surface area (Å²) < 4.78 is 0. The highest BCUT2D eigenvalue weighted by atomic mass is 32.1. The number of aromatic nitrogens is 1. The number of hydrogen-bond acceptors (Lipinski definition) is 3. The van der Waals surface area contributed by atoms with E-state index in [2.05, 4.69) is 15.6 Å². The predicted octanol–water partition coefficient (Wildman–Crippen LogP) is 2.56. The molecule has 0 saturated carbocycles. The molecule has 0 bridgehead atoms. The summed E-state index contributed by atoms with van der Waals surface area (Å²) in [4.78, 5) is 15.4. The number of hydrogen-bond donors (Lipinski definition) is 2. The van der Waals surface area contributed by atoms with Gasteiger partial charge in [0, 0.05) is 18.0 Å². The zero-order valence-corrected chi connectivity index (χ0v) is 9.54. The van der Waals surface area contributed by atoms with E-state index in [-0.39, 0.29) is 6.03 Å². The molecule has 0 aliphatic carbocycles. The minimum absolute atomic E-state index is 0.256. The molecule has 5 heteroatoms. The van der Waals surface area contributed by atoms with Gasteiger partial charge in [-0.15, -0.1) is 11.3 Å². The fraction of sp³-hybridized carbons (Fsp3) is 0.0909. The molecule has 0 unspecified atom stereocenters. The summed E-state index contributed by atoms with van der Waals surface area (Å²) in [7, 11) is 1.57. The standard InChI is InChI=1S/C11H11N3OS/c1-12-10(15)14-11-13-9(7-16-11)8-5-3-2-4-6-8/h2-7H,1H3,(H2,12,13,14,15). The van der Waals surface area contributed by atoms with Gasteiger partial charge in [0.1, 0.15) is 0 Å². The van der Waals surface area contributed by atoms with Crippen molar-refractivity contribution in [2.45, 2.75) is 0 Å². The van der Waals surface area contributed by atoms with Crippen LogP contribution in [0.2, 0.25) is 0 Å². The minimum atomic E-state index is -0.256. The lowest BCUT2D eigenvalue weighted by molar-refractivity contribution is 0.254. The van der Waals surface area contributed by atoms with E-state index in [0.29, 0.717) is 5.13 Å². The van der Waals surface area contributed by atoms with Crippen molar-refractivity contribution >= 4 is 22.5 Å². The molecule has 2 rings (SSSR count). The lowest BCUT2D eigenvalue weighted by Crippen LogP contribution is -2.24. The Labute approximate surface area is 97.3 Å². The fourth-order valence-corrected chi connectivity index (χ4v) is 1.95. The molecule has 2 N–H and O–H groups in total. The van der Waals surface area contributed by atoms with Gasteiger partial charge in [-0.05, 0) is 0 Å². The molecule has 4 nitrogen and oxygen atoms in total. The Balaban J connectivity index is 2.17. The molecule has 0 radical (unpaired) electrons. The number of carbonyl (C=O) groups is 1. The molecule has 0 aliphatic rings. The average Bonchev–Trinajstić information content (AvgIpc) is 2.78. The summed E-state index contributed by atoms with van der Waals surface area (Å²) in [6, 6.07) is 9.59. The van der Waals surface area contributed by atoms with Gasteiger partial charge in [-0.3, -0.25) is 5.32 Å². The van der Waals surface area contributed by atoms with Gasteiger partial charge in [-0.1, -0.05) is 30.3 Å². The van der Waals surface area contributed by atoms with Crippen molar-refractivity contribution in [3.05, 3.63) is 35.7 Å². The minimum Gasteiger partial charge on any atom is -0.341 e. The Morgan fingerprint density at radius 3 is 2.75 bits per heavy atom. The predicted molar refractivity (Wildman–Crippen MR) is 65.6 cm³/mol. The van der Waals surface area contributed by atoms with Gasteiger partial charge in [0.2, 0.25) is 0 Å². The first-order valence-electron chi connectivity index (χ1n) is 4.79. The molecule has 1 aromatic carbocycles. The zero-order chi connectivity index (χ0) is 11.4. The molecule has 2 amide bonds. The smallest absolute Gasteiger partial charge is 0.320 e. The number of nitrogens with zero attached hydrogens (tertiary/aromatic N) is 1. The van der Waals surface area contributed by atoms with Crippen LogP contribution in [0.5, 0.6) is 0 Å². The lowest BCUT2D eigenvalue weighted by atomic mass is 10.2. The molecule has 1 aromatic heterocycles. The number of amides is 2. The molecule has 0 spiro atoms. The van der Waals surface area contributed by atoms with Gasteiger partial charge in [0.25, 0.3) is 0 Å². The fourth-order valence-electron chi connectivity index (χ4n) is 1.23. The van der Waals surface area contributed by atoms with E-state index in [4.69, 9.17) is 0 Å². The van der Waals surface area contributed by atoms with Crippen LogP contribution in [-0.4, -0.2) is 18.1 Å². The van der Waals surface area contributed by atoms with Crippen molar-refractivity contribution in [2.24, 2.45) is 0 Å². The van der Waals surface area contributed by atoms with Gasteiger partial charge >= 0.3 is 6.03 Å². The van der Waals surface area contributed by atoms with Crippen LogP contribution in [-0.2, 0) is 0 Å². The normalized spacial score (nSPS) is 9.81. The van der Waals surface area contributed by atoms with Crippen LogP contribution in [0.4, 0.5) is 9.93 Å². The summed E-state index contributed by atoms with van der Waals surface area (Å²) >= 11 is 1.41. The summed E-state index contributed by atoms with van der Waals surface area (Å²) in [5, 5.41) is 7.63. The summed E-state index contributed by atoms with van der Waals surface area (Å²) in [5.74, 6) is 0. The highest BCUT2D eigenvalue weighted by Crippen LogP contribution is 2.24. The van der Waals surface area contributed by atoms with Crippen molar-refractivity contribution < 1.29 is 4.79 Å². The van der Waals surface area contributed by atoms with Gasteiger partial charge in [-0.25, -0.2) is 9.78 Å². The molecule has 1 heterocycles. The van der Waals surface area contributed by atoms with Crippen molar-refractivity contribution in [3.8, 4) is 11.3 Å². The molecule has 2 aromatic rings. The number of anilines is 1. The van der Waals surface area contributed by atoms with E-state index in [1.807, 2.05) is 35.7 Å². The van der Waals surface area contributed by atoms with Gasteiger partial charge in [0.05, 0.1) is 5.69 Å². The Morgan fingerprint density at radius 1 is 1.31 bits per heavy atom. The highest BCUT2D eigenvalue weighted by molar-refractivity contribution is 7.14. The quantitative estimate of drug-likeness (QED) is 0.837. The second kappa shape index (κ2) is 4.76. The first kappa shape index (κ1) is 10.6. The number of nitrogens with one attached hydrogen (secondary N) is 2. The Bertz CT molecular complexity index is 481. The maximum absolute atomic E-state index is 11.1. The third-order valence-electron chi connectivity index (χ3n) is 2.02. The van der Waals surface area contributed by atoms with Crippen LogP contribution in [0.3, 0.4) is 0 Å². The molecular formula is C11H11N3OS. The maximum atomic E-state index is 11.1. The molecule has 0 saturated heterocycles.